The van der Waals surface area contributed by atoms with Crippen molar-refractivity contribution in [3.63, 3.8) is 0 Å². The monoisotopic (exact) mass is 815 g/mol. The Kier molecular flexibility index (Phi) is 13.6. The molecule has 2 heterocycles. The van der Waals surface area contributed by atoms with Crippen LogP contribution >= 0.6 is 58.3 Å². The van der Waals surface area contributed by atoms with E-state index in [1.54, 1.807) is 38.3 Å². The number of esters is 2. The molecule has 3 atom stereocenters. The van der Waals surface area contributed by atoms with E-state index in [0.717, 1.165) is 22.9 Å². The minimum Gasteiger partial charge on any atom is -0.459 e. The zero-order valence-corrected chi connectivity index (χ0v) is 32.7. The van der Waals surface area contributed by atoms with Gasteiger partial charge in [0.25, 0.3) is 0 Å². The molecule has 10 nitrogen and oxygen atoms in total. The number of carbonyl (C=O) groups excluding carboxylic acids is 5. The van der Waals surface area contributed by atoms with E-state index in [9.17, 15) is 24.0 Å². The molecule has 0 aromatic heterocycles. The van der Waals surface area contributed by atoms with Gasteiger partial charge in [0, 0.05) is 21.9 Å². The molecular weight excluding hydrogens is 781 g/mol. The van der Waals surface area contributed by atoms with Gasteiger partial charge >= 0.3 is 11.9 Å². The minimum absolute atomic E-state index is 0.0114. The van der Waals surface area contributed by atoms with Crippen LogP contribution in [-0.4, -0.2) is 75.8 Å². The van der Waals surface area contributed by atoms with E-state index in [1.807, 2.05) is 60.7 Å². The molecule has 2 aliphatic heterocycles. The first kappa shape index (κ1) is 40.2. The van der Waals surface area contributed by atoms with Crippen molar-refractivity contribution in [3.8, 4) is 0 Å². The number of fused-ring (bicyclic) bond motifs is 1. The van der Waals surface area contributed by atoms with Crippen LogP contribution in [0.4, 0.5) is 0 Å². The van der Waals surface area contributed by atoms with Gasteiger partial charge in [-0.25, -0.2) is 4.79 Å². The maximum absolute atomic E-state index is 13.8. The van der Waals surface area contributed by atoms with Crippen molar-refractivity contribution in [1.29, 1.82) is 0 Å². The van der Waals surface area contributed by atoms with Crippen molar-refractivity contribution >= 4 is 94.1 Å². The molecule has 1 unspecified atom stereocenters. The lowest BCUT2D eigenvalue weighted by Crippen LogP contribution is -2.74. The quantitative estimate of drug-likeness (QED) is 0.0631. The highest BCUT2D eigenvalue weighted by atomic mass is 35.5. The SMILES string of the molecule is CC(C)(C)OC(=O)CNC(=O)C=Cc1cc(Cl)c(SCC(=O)N[C@@H]2C(=O)N3C(C(=O)OC(c4ccccc4)c4ccccc4)C(CCl)=CS[C@H]23)cc1Cl. The molecule has 0 bridgehead atoms. The molecule has 5 rings (SSSR count). The average Bonchev–Trinajstić information content (AvgIpc) is 3.13. The molecule has 1 saturated heterocycles. The van der Waals surface area contributed by atoms with E-state index in [2.05, 4.69) is 10.6 Å². The van der Waals surface area contributed by atoms with E-state index < -0.39 is 58.8 Å². The predicted molar refractivity (Wildman–Crippen MR) is 209 cm³/mol. The van der Waals surface area contributed by atoms with E-state index in [0.29, 0.717) is 21.1 Å². The van der Waals surface area contributed by atoms with Crippen molar-refractivity contribution < 1.29 is 33.4 Å². The molecule has 3 amide bonds. The summed E-state index contributed by atoms with van der Waals surface area (Å²) in [6, 6.07) is 19.9. The molecule has 0 radical (unpaired) electrons. The van der Waals surface area contributed by atoms with Crippen LogP contribution in [0.3, 0.4) is 0 Å². The number of amides is 3. The predicted octanol–water partition coefficient (Wildman–Crippen LogP) is 6.78. The van der Waals surface area contributed by atoms with Crippen LogP contribution in [0.5, 0.6) is 0 Å². The molecule has 2 N–H and O–H groups in total. The summed E-state index contributed by atoms with van der Waals surface area (Å²) >= 11 is 21.6. The van der Waals surface area contributed by atoms with Crippen molar-refractivity contribution in [1.82, 2.24) is 15.5 Å². The number of hydrogen-bond donors (Lipinski definition) is 2. The Morgan fingerprint density at radius 1 is 0.981 bits per heavy atom. The zero-order valence-electron chi connectivity index (χ0n) is 28.8. The molecule has 0 aliphatic carbocycles. The van der Waals surface area contributed by atoms with E-state index in [1.165, 1.54) is 28.8 Å². The van der Waals surface area contributed by atoms with Crippen molar-refractivity contribution in [3.05, 3.63) is 117 Å². The molecule has 0 spiro atoms. The summed E-state index contributed by atoms with van der Waals surface area (Å²) in [7, 11) is 0. The summed E-state index contributed by atoms with van der Waals surface area (Å²) in [6.45, 7) is 4.89. The lowest BCUT2D eigenvalue weighted by atomic mass is 9.98. The number of thioether (sulfide) groups is 2. The summed E-state index contributed by atoms with van der Waals surface area (Å²) in [4.78, 5) is 66.3. The van der Waals surface area contributed by atoms with Crippen LogP contribution in [0.25, 0.3) is 6.08 Å². The fourth-order valence-electron chi connectivity index (χ4n) is 5.47. The first-order valence-corrected chi connectivity index (χ1v) is 19.6. The van der Waals surface area contributed by atoms with Crippen LogP contribution in [0.1, 0.15) is 43.6 Å². The van der Waals surface area contributed by atoms with Gasteiger partial charge in [0.05, 0.1) is 10.8 Å². The number of halogens is 3. The van der Waals surface area contributed by atoms with E-state index in [4.69, 9.17) is 44.3 Å². The van der Waals surface area contributed by atoms with Gasteiger partial charge in [0.15, 0.2) is 12.1 Å². The van der Waals surface area contributed by atoms with Crippen molar-refractivity contribution in [2.75, 3.05) is 18.2 Å². The normalized spacial score (nSPS) is 18.2. The summed E-state index contributed by atoms with van der Waals surface area (Å²) in [5.41, 5.74) is 1.85. The zero-order chi connectivity index (χ0) is 38.3. The van der Waals surface area contributed by atoms with E-state index >= 15 is 0 Å². The second kappa shape index (κ2) is 17.9. The summed E-state index contributed by atoms with van der Waals surface area (Å²) in [5, 5.41) is 7.00. The van der Waals surface area contributed by atoms with Gasteiger partial charge in [-0.1, -0.05) is 83.9 Å². The van der Waals surface area contributed by atoms with Crippen LogP contribution < -0.4 is 10.6 Å². The number of β-lactam (4-membered cyclic amide) rings is 1. The minimum atomic E-state index is -1.05. The maximum Gasteiger partial charge on any atom is 0.334 e. The third-order valence-electron chi connectivity index (χ3n) is 7.85. The van der Waals surface area contributed by atoms with Gasteiger partial charge in [0.2, 0.25) is 17.7 Å². The summed E-state index contributed by atoms with van der Waals surface area (Å²) in [6.07, 6.45) is 1.95. The highest BCUT2D eigenvalue weighted by Gasteiger charge is 2.56. The molecule has 1 fully saturated rings. The Balaban J connectivity index is 1.17. The van der Waals surface area contributed by atoms with Crippen LogP contribution in [0.2, 0.25) is 10.0 Å². The van der Waals surface area contributed by atoms with Crippen molar-refractivity contribution in [2.45, 2.75) is 54.8 Å². The maximum atomic E-state index is 13.8. The standard InChI is InChI=1S/C38H36Cl3N3O7S2/c1-38(2,3)51-31(47)19-42-29(45)15-14-24-16-27(41)28(17-26(24)40)52-21-30(46)43-32-35(48)44-33(25(18-39)20-53-36(32)44)37(49)50-34(22-10-6-4-7-11-22)23-12-8-5-9-13-23/h4-17,20,32-34,36H,18-19,21H2,1-3H3,(H,42,45)(H,43,46)/t32-,33?,36-/m1/s1. The van der Waals surface area contributed by atoms with Gasteiger partial charge in [-0.3, -0.25) is 19.2 Å². The third kappa shape index (κ3) is 10.4. The van der Waals surface area contributed by atoms with Gasteiger partial charge in [-0.2, -0.15) is 0 Å². The smallest absolute Gasteiger partial charge is 0.334 e. The number of nitrogens with zero attached hydrogens (tertiary/aromatic N) is 1. The number of alkyl halides is 1. The van der Waals surface area contributed by atoms with Gasteiger partial charge in [0.1, 0.15) is 23.6 Å². The highest BCUT2D eigenvalue weighted by Crippen LogP contribution is 2.42. The molecule has 278 valence electrons. The Labute approximate surface area is 331 Å². The van der Waals surface area contributed by atoms with Gasteiger partial charge < -0.3 is 25.0 Å². The number of benzene rings is 3. The molecule has 53 heavy (non-hydrogen) atoms. The second-order valence-electron chi connectivity index (χ2n) is 12.9. The largest absolute Gasteiger partial charge is 0.459 e. The number of ether oxygens (including phenoxy) is 2. The lowest BCUT2D eigenvalue weighted by Gasteiger charge is -2.51. The first-order chi connectivity index (χ1) is 25.3. The van der Waals surface area contributed by atoms with Crippen LogP contribution in [-0.2, 0) is 33.4 Å². The van der Waals surface area contributed by atoms with Crippen LogP contribution in [0.15, 0.2) is 94.7 Å². The third-order valence-corrected chi connectivity index (χ3v) is 11.2. The molecule has 3 aromatic carbocycles. The van der Waals surface area contributed by atoms with Crippen molar-refractivity contribution in [2.24, 2.45) is 0 Å². The van der Waals surface area contributed by atoms with Gasteiger partial charge in [-0.05, 0) is 66.7 Å². The fourth-order valence-corrected chi connectivity index (χ4v) is 8.41. The summed E-state index contributed by atoms with van der Waals surface area (Å²) in [5.74, 6) is -2.65. The Morgan fingerprint density at radius 3 is 2.23 bits per heavy atom. The highest BCUT2D eigenvalue weighted by molar-refractivity contribution is 8.03. The molecule has 2 aliphatic rings. The van der Waals surface area contributed by atoms with Gasteiger partial charge in [-0.15, -0.1) is 35.1 Å². The number of nitrogens with one attached hydrogen (secondary N) is 2. The second-order valence-corrected chi connectivity index (χ2v) is 16.0. The number of carbonyl (C=O) groups is 5. The summed E-state index contributed by atoms with van der Waals surface area (Å²) < 4.78 is 11.3. The molecule has 0 saturated carbocycles. The average molecular weight is 817 g/mol. The lowest BCUT2D eigenvalue weighted by molar-refractivity contribution is -0.165. The van der Waals surface area contributed by atoms with Crippen LogP contribution in [0, 0.1) is 0 Å². The first-order valence-electron chi connectivity index (χ1n) is 16.4. The molecular formula is C38H36Cl3N3O7S2. The Hall–Kier alpha value is -3.94. The number of hydrogen-bond acceptors (Lipinski definition) is 9. The molecule has 3 aromatic rings. The van der Waals surface area contributed by atoms with E-state index in [-0.39, 0.29) is 23.2 Å². The molecule has 15 heteroatoms. The Morgan fingerprint density at radius 2 is 1.62 bits per heavy atom. The Bertz CT molecular complexity index is 1880. The fraction of sp³-hybridized carbons (Fsp3) is 0.289. The topological polar surface area (TPSA) is 131 Å². The number of rotatable bonds is 13.